The lowest BCUT2D eigenvalue weighted by Crippen LogP contribution is -2.17. The average Bonchev–Trinajstić information content (AvgIpc) is 2.45. The molecular weight excluding hydrogens is 290 g/mol. The lowest BCUT2D eigenvalue weighted by Gasteiger charge is -2.13. The molecule has 0 aromatic heterocycles. The Hall–Kier alpha value is -1.27. The summed E-state index contributed by atoms with van der Waals surface area (Å²) in [7, 11) is -3.03. The normalized spacial score (nSPS) is 11.4. The zero-order chi connectivity index (χ0) is 15.7. The Kier molecular flexibility index (Phi) is 7.53. The number of benzene rings is 1. The van der Waals surface area contributed by atoms with E-state index in [1.54, 1.807) is 6.07 Å². The van der Waals surface area contributed by atoms with Crippen LogP contribution in [-0.4, -0.2) is 33.1 Å². The van der Waals surface area contributed by atoms with Crippen molar-refractivity contribution in [3.05, 3.63) is 23.8 Å². The van der Waals surface area contributed by atoms with E-state index in [1.807, 2.05) is 26.0 Å². The van der Waals surface area contributed by atoms with Crippen molar-refractivity contribution >= 4 is 9.84 Å². The molecule has 1 aromatic rings. The standard InChI is InChI=1S/C15H25NO4S/c1-3-7-19-14-6-5-13(12-16)15(11-14)20-8-10-21(17,18)9-4-2/h5-6,11H,3-4,7-10,12,16H2,1-2H3. The molecule has 1 rings (SSSR count). The van der Waals surface area contributed by atoms with Gasteiger partial charge in [0.1, 0.15) is 18.1 Å². The molecule has 0 radical (unpaired) electrons. The van der Waals surface area contributed by atoms with Gasteiger partial charge in [0, 0.05) is 18.2 Å². The second-order valence-electron chi connectivity index (χ2n) is 4.82. The molecule has 0 aliphatic carbocycles. The first-order valence-electron chi connectivity index (χ1n) is 7.31. The molecule has 1 aromatic carbocycles. The molecule has 0 aliphatic rings. The van der Waals surface area contributed by atoms with Crippen molar-refractivity contribution in [2.45, 2.75) is 33.2 Å². The van der Waals surface area contributed by atoms with Crippen molar-refractivity contribution in [3.8, 4) is 11.5 Å². The van der Waals surface area contributed by atoms with E-state index < -0.39 is 9.84 Å². The van der Waals surface area contributed by atoms with Gasteiger partial charge in [-0.3, -0.25) is 0 Å². The van der Waals surface area contributed by atoms with Crippen molar-refractivity contribution < 1.29 is 17.9 Å². The van der Waals surface area contributed by atoms with Crippen LogP contribution in [-0.2, 0) is 16.4 Å². The highest BCUT2D eigenvalue weighted by atomic mass is 32.2. The molecule has 21 heavy (non-hydrogen) atoms. The van der Waals surface area contributed by atoms with E-state index in [1.165, 1.54) is 0 Å². The van der Waals surface area contributed by atoms with Gasteiger partial charge in [0.15, 0.2) is 9.84 Å². The minimum Gasteiger partial charge on any atom is -0.493 e. The molecule has 0 bridgehead atoms. The number of rotatable bonds is 10. The Bertz CT molecular complexity index is 528. The fraction of sp³-hybridized carbons (Fsp3) is 0.600. The smallest absolute Gasteiger partial charge is 0.153 e. The zero-order valence-corrected chi connectivity index (χ0v) is 13.6. The minimum absolute atomic E-state index is 0.0187. The van der Waals surface area contributed by atoms with Crippen LogP contribution >= 0.6 is 0 Å². The Morgan fingerprint density at radius 3 is 2.43 bits per heavy atom. The second kappa shape index (κ2) is 8.89. The van der Waals surface area contributed by atoms with Gasteiger partial charge in [0.2, 0.25) is 0 Å². The molecule has 120 valence electrons. The zero-order valence-electron chi connectivity index (χ0n) is 12.8. The number of ether oxygens (including phenoxy) is 2. The number of hydrogen-bond acceptors (Lipinski definition) is 5. The van der Waals surface area contributed by atoms with Crippen molar-refractivity contribution in [1.82, 2.24) is 0 Å². The maximum absolute atomic E-state index is 11.7. The largest absolute Gasteiger partial charge is 0.493 e. The molecule has 0 saturated carbocycles. The number of sulfone groups is 1. The predicted octanol–water partition coefficient (Wildman–Crippen LogP) is 2.14. The van der Waals surface area contributed by atoms with E-state index in [2.05, 4.69) is 0 Å². The summed E-state index contributed by atoms with van der Waals surface area (Å²) in [5, 5.41) is 0. The van der Waals surface area contributed by atoms with Gasteiger partial charge in [-0.05, 0) is 18.9 Å². The third-order valence-corrected chi connectivity index (χ3v) is 4.72. The fourth-order valence-corrected chi connectivity index (χ4v) is 3.00. The molecule has 0 atom stereocenters. The minimum atomic E-state index is -3.03. The van der Waals surface area contributed by atoms with Crippen LogP contribution in [0.5, 0.6) is 11.5 Å². The summed E-state index contributed by atoms with van der Waals surface area (Å²) < 4.78 is 34.4. The Balaban J connectivity index is 2.67. The van der Waals surface area contributed by atoms with Gasteiger partial charge in [-0.1, -0.05) is 19.9 Å². The molecule has 0 unspecified atom stereocenters. The van der Waals surface area contributed by atoms with Gasteiger partial charge in [-0.2, -0.15) is 0 Å². The summed E-state index contributed by atoms with van der Waals surface area (Å²) in [5.74, 6) is 1.52. The summed E-state index contributed by atoms with van der Waals surface area (Å²) in [4.78, 5) is 0. The van der Waals surface area contributed by atoms with Gasteiger partial charge < -0.3 is 15.2 Å². The predicted molar refractivity (Wildman–Crippen MR) is 84.6 cm³/mol. The van der Waals surface area contributed by atoms with Gasteiger partial charge in [-0.25, -0.2) is 8.42 Å². The van der Waals surface area contributed by atoms with E-state index >= 15 is 0 Å². The molecule has 5 nitrogen and oxygen atoms in total. The summed E-state index contributed by atoms with van der Waals surface area (Å²) in [5.41, 5.74) is 6.51. The van der Waals surface area contributed by atoms with E-state index in [0.29, 0.717) is 31.1 Å². The van der Waals surface area contributed by atoms with Crippen LogP contribution in [0, 0.1) is 0 Å². The quantitative estimate of drug-likeness (QED) is 0.715. The monoisotopic (exact) mass is 315 g/mol. The summed E-state index contributed by atoms with van der Waals surface area (Å²) in [6.07, 6.45) is 1.54. The molecule has 0 saturated heterocycles. The van der Waals surface area contributed by atoms with Crippen LogP contribution in [0.15, 0.2) is 18.2 Å². The summed E-state index contributed by atoms with van der Waals surface area (Å²) >= 11 is 0. The summed E-state index contributed by atoms with van der Waals surface area (Å²) in [6, 6.07) is 5.46. The second-order valence-corrected chi connectivity index (χ2v) is 7.13. The fourth-order valence-electron chi connectivity index (χ4n) is 1.84. The topological polar surface area (TPSA) is 78.6 Å². The molecule has 0 aliphatic heterocycles. The highest BCUT2D eigenvalue weighted by Crippen LogP contribution is 2.25. The molecule has 0 fully saturated rings. The molecule has 0 heterocycles. The van der Waals surface area contributed by atoms with Gasteiger partial charge >= 0.3 is 0 Å². The lowest BCUT2D eigenvalue weighted by atomic mass is 10.2. The van der Waals surface area contributed by atoms with E-state index in [-0.39, 0.29) is 18.1 Å². The van der Waals surface area contributed by atoms with Crippen molar-refractivity contribution in [3.63, 3.8) is 0 Å². The van der Waals surface area contributed by atoms with Gasteiger partial charge in [-0.15, -0.1) is 0 Å². The Morgan fingerprint density at radius 1 is 1.05 bits per heavy atom. The maximum Gasteiger partial charge on any atom is 0.153 e. The van der Waals surface area contributed by atoms with Crippen LogP contribution in [0.2, 0.25) is 0 Å². The van der Waals surface area contributed by atoms with Crippen LogP contribution in [0.4, 0.5) is 0 Å². The Morgan fingerprint density at radius 2 is 1.81 bits per heavy atom. The number of hydrogen-bond donors (Lipinski definition) is 1. The van der Waals surface area contributed by atoms with Gasteiger partial charge in [0.25, 0.3) is 0 Å². The van der Waals surface area contributed by atoms with Crippen LogP contribution in [0.1, 0.15) is 32.3 Å². The van der Waals surface area contributed by atoms with E-state index in [9.17, 15) is 8.42 Å². The first-order valence-corrected chi connectivity index (χ1v) is 9.13. The molecule has 2 N–H and O–H groups in total. The van der Waals surface area contributed by atoms with Crippen LogP contribution < -0.4 is 15.2 Å². The SMILES string of the molecule is CCCOc1ccc(CN)c(OCCS(=O)(=O)CCC)c1. The lowest BCUT2D eigenvalue weighted by molar-refractivity contribution is 0.308. The van der Waals surface area contributed by atoms with Crippen LogP contribution in [0.25, 0.3) is 0 Å². The van der Waals surface area contributed by atoms with Crippen molar-refractivity contribution in [2.75, 3.05) is 24.7 Å². The molecule has 0 spiro atoms. The van der Waals surface area contributed by atoms with E-state index in [0.717, 1.165) is 12.0 Å². The molecular formula is C15H25NO4S. The van der Waals surface area contributed by atoms with E-state index in [4.69, 9.17) is 15.2 Å². The van der Waals surface area contributed by atoms with Crippen molar-refractivity contribution in [2.24, 2.45) is 5.73 Å². The Labute approximate surface area is 127 Å². The van der Waals surface area contributed by atoms with Gasteiger partial charge in [0.05, 0.1) is 18.1 Å². The third kappa shape index (κ3) is 6.35. The van der Waals surface area contributed by atoms with Crippen molar-refractivity contribution in [1.29, 1.82) is 0 Å². The summed E-state index contributed by atoms with van der Waals surface area (Å²) in [6.45, 7) is 4.98. The molecule has 0 amide bonds. The maximum atomic E-state index is 11.7. The highest BCUT2D eigenvalue weighted by molar-refractivity contribution is 7.91. The molecule has 6 heteroatoms. The highest BCUT2D eigenvalue weighted by Gasteiger charge is 2.11. The first-order chi connectivity index (χ1) is 10.0. The number of nitrogens with two attached hydrogens (primary N) is 1. The average molecular weight is 315 g/mol. The van der Waals surface area contributed by atoms with Crippen LogP contribution in [0.3, 0.4) is 0 Å². The first kappa shape index (κ1) is 17.8. The third-order valence-electron chi connectivity index (χ3n) is 2.90.